The number of benzene rings is 1. The first-order valence-corrected chi connectivity index (χ1v) is 7.59. The molecule has 0 aromatic heterocycles. The third kappa shape index (κ3) is 4.01. The fourth-order valence-electron chi connectivity index (χ4n) is 2.81. The maximum atomic E-state index is 12.1. The number of hydrogen-bond donors (Lipinski definition) is 3. The van der Waals surface area contributed by atoms with Gasteiger partial charge in [0, 0.05) is 23.2 Å². The number of carbonyl (C=O) groups is 1. The zero-order valence-electron chi connectivity index (χ0n) is 13.0. The van der Waals surface area contributed by atoms with E-state index in [1.54, 1.807) is 18.2 Å². The molecule has 1 aliphatic carbocycles. The largest absolute Gasteiger partial charge is 0.489 e. The van der Waals surface area contributed by atoms with Crippen LogP contribution in [0.2, 0.25) is 0 Å². The minimum Gasteiger partial charge on any atom is -0.489 e. The summed E-state index contributed by atoms with van der Waals surface area (Å²) in [6, 6.07) is 6.96. The van der Waals surface area contributed by atoms with Crippen molar-refractivity contribution in [1.82, 2.24) is 5.32 Å². The van der Waals surface area contributed by atoms with E-state index in [1.165, 1.54) is 0 Å². The van der Waals surface area contributed by atoms with E-state index in [0.29, 0.717) is 18.0 Å². The number of aliphatic hydroxyl groups excluding tert-OH is 1. The van der Waals surface area contributed by atoms with Gasteiger partial charge in [0.05, 0.1) is 6.61 Å². The summed E-state index contributed by atoms with van der Waals surface area (Å²) in [6.45, 7) is 6.12. The van der Waals surface area contributed by atoms with Crippen LogP contribution in [0.15, 0.2) is 36.9 Å². The van der Waals surface area contributed by atoms with Gasteiger partial charge in [-0.15, -0.1) is 0 Å². The van der Waals surface area contributed by atoms with Crippen LogP contribution < -0.4 is 15.4 Å². The van der Waals surface area contributed by atoms with Gasteiger partial charge in [0.2, 0.25) is 0 Å². The van der Waals surface area contributed by atoms with Crippen LogP contribution in [0.3, 0.4) is 0 Å². The highest BCUT2D eigenvalue weighted by atomic mass is 16.5. The van der Waals surface area contributed by atoms with Crippen molar-refractivity contribution in [2.45, 2.75) is 32.2 Å². The number of rotatable bonds is 6. The van der Waals surface area contributed by atoms with Crippen LogP contribution in [0.25, 0.3) is 0 Å². The van der Waals surface area contributed by atoms with Crippen molar-refractivity contribution in [1.29, 1.82) is 0 Å². The molecule has 1 fully saturated rings. The zero-order chi connectivity index (χ0) is 16.0. The standard InChI is InChI=1S/C17H24N2O3/c1-3-10-22-14-7-4-6-13(11-14)18-16(21)19-15-8-5-9-17(15,2)12-20/h3-4,6-7,11,15,20H,1,5,8-10,12H2,2H3,(H2,18,19,21). The van der Waals surface area contributed by atoms with Crippen LogP contribution in [0, 0.1) is 5.41 Å². The Balaban J connectivity index is 1.93. The number of anilines is 1. The van der Waals surface area contributed by atoms with Gasteiger partial charge in [0.1, 0.15) is 12.4 Å². The van der Waals surface area contributed by atoms with E-state index < -0.39 is 0 Å². The average Bonchev–Trinajstić information content (AvgIpc) is 2.87. The quantitative estimate of drug-likeness (QED) is 0.708. The molecule has 3 N–H and O–H groups in total. The molecule has 5 nitrogen and oxygen atoms in total. The highest BCUT2D eigenvalue weighted by Crippen LogP contribution is 2.37. The number of nitrogens with one attached hydrogen (secondary N) is 2. The van der Waals surface area contributed by atoms with Gasteiger partial charge in [-0.1, -0.05) is 32.1 Å². The van der Waals surface area contributed by atoms with E-state index in [0.717, 1.165) is 19.3 Å². The second kappa shape index (κ2) is 7.31. The topological polar surface area (TPSA) is 70.6 Å². The number of ether oxygens (including phenoxy) is 1. The molecule has 2 amide bonds. The molecule has 120 valence electrons. The molecule has 1 aromatic rings. The molecule has 2 rings (SSSR count). The molecular formula is C17H24N2O3. The lowest BCUT2D eigenvalue weighted by Gasteiger charge is -2.30. The number of urea groups is 1. The minimum atomic E-state index is -0.257. The van der Waals surface area contributed by atoms with E-state index >= 15 is 0 Å². The molecule has 2 atom stereocenters. The molecule has 0 aliphatic heterocycles. The Morgan fingerprint density at radius 3 is 3.14 bits per heavy atom. The molecule has 0 bridgehead atoms. The van der Waals surface area contributed by atoms with Crippen LogP contribution in [-0.4, -0.2) is 30.4 Å². The first-order valence-electron chi connectivity index (χ1n) is 7.59. The highest BCUT2D eigenvalue weighted by molar-refractivity contribution is 5.89. The van der Waals surface area contributed by atoms with E-state index in [1.807, 2.05) is 19.1 Å². The Kier molecular flexibility index (Phi) is 5.44. The van der Waals surface area contributed by atoms with E-state index in [4.69, 9.17) is 4.74 Å². The molecule has 1 saturated carbocycles. The summed E-state index contributed by atoms with van der Waals surface area (Å²) in [6.07, 6.45) is 4.52. The predicted molar refractivity (Wildman–Crippen MR) is 87.1 cm³/mol. The van der Waals surface area contributed by atoms with Crippen LogP contribution in [0.1, 0.15) is 26.2 Å². The summed E-state index contributed by atoms with van der Waals surface area (Å²) in [5.74, 6) is 0.679. The third-order valence-corrected chi connectivity index (χ3v) is 4.21. The fraction of sp³-hybridized carbons (Fsp3) is 0.471. The monoisotopic (exact) mass is 304 g/mol. The van der Waals surface area contributed by atoms with E-state index in [9.17, 15) is 9.90 Å². The van der Waals surface area contributed by atoms with Crippen LogP contribution in [-0.2, 0) is 0 Å². The lowest BCUT2D eigenvalue weighted by molar-refractivity contribution is 0.122. The van der Waals surface area contributed by atoms with Crippen molar-refractivity contribution >= 4 is 11.7 Å². The Hall–Kier alpha value is -2.01. The number of aliphatic hydroxyl groups is 1. The molecule has 1 aromatic carbocycles. The Labute approximate surface area is 131 Å². The molecule has 5 heteroatoms. The highest BCUT2D eigenvalue weighted by Gasteiger charge is 2.39. The summed E-state index contributed by atoms with van der Waals surface area (Å²) >= 11 is 0. The van der Waals surface area contributed by atoms with Gasteiger partial charge in [-0.2, -0.15) is 0 Å². The SMILES string of the molecule is C=CCOc1cccc(NC(=O)NC2CCCC2(C)CO)c1. The summed E-state index contributed by atoms with van der Waals surface area (Å²) in [5.41, 5.74) is 0.439. The smallest absolute Gasteiger partial charge is 0.319 e. The van der Waals surface area contributed by atoms with Gasteiger partial charge >= 0.3 is 6.03 Å². The summed E-state index contributed by atoms with van der Waals surface area (Å²) in [7, 11) is 0. The summed E-state index contributed by atoms with van der Waals surface area (Å²) < 4.78 is 5.44. The fourth-order valence-corrected chi connectivity index (χ4v) is 2.81. The second-order valence-electron chi connectivity index (χ2n) is 5.98. The Morgan fingerprint density at radius 1 is 1.59 bits per heavy atom. The molecule has 0 heterocycles. The number of carbonyl (C=O) groups excluding carboxylic acids is 1. The predicted octanol–water partition coefficient (Wildman–Crippen LogP) is 2.92. The molecule has 22 heavy (non-hydrogen) atoms. The van der Waals surface area contributed by atoms with Crippen LogP contribution in [0.5, 0.6) is 5.75 Å². The van der Waals surface area contributed by atoms with Crippen molar-refractivity contribution in [2.24, 2.45) is 5.41 Å². The lowest BCUT2D eigenvalue weighted by atomic mass is 9.86. The Morgan fingerprint density at radius 2 is 2.41 bits per heavy atom. The average molecular weight is 304 g/mol. The Bertz CT molecular complexity index is 532. The maximum Gasteiger partial charge on any atom is 0.319 e. The van der Waals surface area contributed by atoms with Gasteiger partial charge in [0.15, 0.2) is 0 Å². The number of amides is 2. The van der Waals surface area contributed by atoms with Crippen molar-refractivity contribution in [3.8, 4) is 5.75 Å². The van der Waals surface area contributed by atoms with E-state index in [2.05, 4.69) is 17.2 Å². The lowest BCUT2D eigenvalue weighted by Crippen LogP contribution is -2.46. The molecule has 2 unspecified atom stereocenters. The molecule has 1 aliphatic rings. The zero-order valence-corrected chi connectivity index (χ0v) is 13.0. The first-order chi connectivity index (χ1) is 10.6. The normalized spacial score (nSPS) is 23.8. The molecular weight excluding hydrogens is 280 g/mol. The third-order valence-electron chi connectivity index (χ3n) is 4.21. The van der Waals surface area contributed by atoms with Crippen LogP contribution >= 0.6 is 0 Å². The second-order valence-corrected chi connectivity index (χ2v) is 5.98. The number of hydrogen-bond acceptors (Lipinski definition) is 3. The van der Waals surface area contributed by atoms with Gasteiger partial charge in [-0.3, -0.25) is 0 Å². The maximum absolute atomic E-state index is 12.1. The van der Waals surface area contributed by atoms with Gasteiger partial charge in [-0.05, 0) is 25.0 Å². The van der Waals surface area contributed by atoms with Gasteiger partial charge < -0.3 is 20.5 Å². The van der Waals surface area contributed by atoms with Crippen molar-refractivity contribution in [2.75, 3.05) is 18.5 Å². The summed E-state index contributed by atoms with van der Waals surface area (Å²) in [4.78, 5) is 12.1. The van der Waals surface area contributed by atoms with Crippen molar-refractivity contribution in [3.63, 3.8) is 0 Å². The summed E-state index contributed by atoms with van der Waals surface area (Å²) in [5, 5.41) is 15.3. The first kappa shape index (κ1) is 16.4. The van der Waals surface area contributed by atoms with Crippen molar-refractivity contribution < 1.29 is 14.6 Å². The van der Waals surface area contributed by atoms with Crippen LogP contribution in [0.4, 0.5) is 10.5 Å². The molecule has 0 spiro atoms. The van der Waals surface area contributed by atoms with Gasteiger partial charge in [-0.25, -0.2) is 4.79 Å². The van der Waals surface area contributed by atoms with E-state index in [-0.39, 0.29) is 24.1 Å². The van der Waals surface area contributed by atoms with Crippen molar-refractivity contribution in [3.05, 3.63) is 36.9 Å². The van der Waals surface area contributed by atoms with Gasteiger partial charge in [0.25, 0.3) is 0 Å². The molecule has 0 saturated heterocycles. The molecule has 0 radical (unpaired) electrons. The minimum absolute atomic E-state index is 0.00213.